The molecule has 2 atom stereocenters. The molecule has 1 aliphatic carbocycles. The molecule has 0 bridgehead atoms. The van der Waals surface area contributed by atoms with Gasteiger partial charge in [0.1, 0.15) is 6.54 Å². The van der Waals surface area contributed by atoms with Crippen molar-refractivity contribution in [1.29, 1.82) is 0 Å². The Bertz CT molecular complexity index is 785. The van der Waals surface area contributed by atoms with Crippen LogP contribution in [0.15, 0.2) is 36.4 Å². The third-order valence-electron chi connectivity index (χ3n) is 5.37. The number of benzene rings is 1. The molecule has 28 heavy (non-hydrogen) atoms. The number of hydrogen-bond acceptors (Lipinski definition) is 4. The molecule has 1 saturated heterocycles. The predicted octanol–water partition coefficient (Wildman–Crippen LogP) is 2.06. The standard InChI is InChI=1S/C21H25N3O4/c1-3-23(4-2)19(26)14-9-11-15(12-10-14)22-18(25)13-24-20(27)16-7-5-6-8-17(16)21(24)28/h5-6,9-12,16-17H,3-4,7-8,13H2,1-2H3,(H,22,25)/t16-,17+. The molecule has 7 heteroatoms. The number of nitrogens with zero attached hydrogens (tertiary/aromatic N) is 2. The SMILES string of the molecule is CCN(CC)C(=O)c1ccc(NC(=O)CN2C(=O)[C@H]3CC=CC[C@H]3C2=O)cc1. The van der Waals surface area contributed by atoms with Crippen LogP contribution in [0.4, 0.5) is 5.69 Å². The van der Waals surface area contributed by atoms with Crippen LogP contribution in [0.25, 0.3) is 0 Å². The van der Waals surface area contributed by atoms with Gasteiger partial charge in [-0.1, -0.05) is 12.2 Å². The minimum absolute atomic E-state index is 0.0626. The van der Waals surface area contributed by atoms with Crippen molar-refractivity contribution in [3.05, 3.63) is 42.0 Å². The van der Waals surface area contributed by atoms with Crippen LogP contribution in [0.5, 0.6) is 0 Å². The number of carbonyl (C=O) groups excluding carboxylic acids is 4. The average Bonchev–Trinajstić information content (AvgIpc) is 2.94. The molecule has 1 aliphatic heterocycles. The van der Waals surface area contributed by atoms with Gasteiger partial charge in [0.2, 0.25) is 17.7 Å². The van der Waals surface area contributed by atoms with E-state index in [1.54, 1.807) is 29.2 Å². The van der Waals surface area contributed by atoms with Crippen LogP contribution < -0.4 is 5.32 Å². The molecule has 0 unspecified atom stereocenters. The smallest absolute Gasteiger partial charge is 0.253 e. The van der Waals surface area contributed by atoms with Crippen LogP contribution in [0.2, 0.25) is 0 Å². The average molecular weight is 383 g/mol. The fraction of sp³-hybridized carbons (Fsp3) is 0.429. The second kappa shape index (κ2) is 8.37. The molecule has 4 amide bonds. The lowest BCUT2D eigenvalue weighted by atomic mass is 9.85. The van der Waals surface area contributed by atoms with E-state index in [1.807, 2.05) is 26.0 Å². The maximum atomic E-state index is 12.4. The Kier molecular flexibility index (Phi) is 5.92. The summed E-state index contributed by atoms with van der Waals surface area (Å²) in [4.78, 5) is 52.3. The quantitative estimate of drug-likeness (QED) is 0.602. The van der Waals surface area contributed by atoms with Gasteiger partial charge < -0.3 is 10.2 Å². The van der Waals surface area contributed by atoms with Gasteiger partial charge >= 0.3 is 0 Å². The number of anilines is 1. The Morgan fingerprint density at radius 1 is 1.00 bits per heavy atom. The Labute approximate surface area is 164 Å². The third kappa shape index (κ3) is 3.83. The lowest BCUT2D eigenvalue weighted by Crippen LogP contribution is -2.38. The van der Waals surface area contributed by atoms with Crippen molar-refractivity contribution in [3.8, 4) is 0 Å². The van der Waals surface area contributed by atoms with Crippen molar-refractivity contribution in [2.75, 3.05) is 25.0 Å². The van der Waals surface area contributed by atoms with Crippen LogP contribution >= 0.6 is 0 Å². The zero-order chi connectivity index (χ0) is 20.3. The number of rotatable bonds is 6. The van der Waals surface area contributed by atoms with Crippen molar-refractivity contribution in [1.82, 2.24) is 9.80 Å². The zero-order valence-electron chi connectivity index (χ0n) is 16.2. The predicted molar refractivity (Wildman–Crippen MR) is 104 cm³/mol. The summed E-state index contributed by atoms with van der Waals surface area (Å²) in [5.74, 6) is -1.71. The molecular weight excluding hydrogens is 358 g/mol. The highest BCUT2D eigenvalue weighted by molar-refractivity contribution is 6.09. The number of carbonyl (C=O) groups is 4. The van der Waals surface area contributed by atoms with E-state index in [-0.39, 0.29) is 36.1 Å². The minimum atomic E-state index is -0.434. The lowest BCUT2D eigenvalue weighted by molar-refractivity contribution is -0.142. The fourth-order valence-electron chi connectivity index (χ4n) is 3.76. The monoisotopic (exact) mass is 383 g/mol. The highest BCUT2D eigenvalue weighted by atomic mass is 16.2. The molecule has 148 valence electrons. The van der Waals surface area contributed by atoms with Crippen LogP contribution in [0, 0.1) is 11.8 Å². The van der Waals surface area contributed by atoms with Gasteiger partial charge in [0.15, 0.2) is 0 Å². The highest BCUT2D eigenvalue weighted by Crippen LogP contribution is 2.34. The van der Waals surface area contributed by atoms with E-state index in [1.165, 1.54) is 0 Å². The number of hydrogen-bond donors (Lipinski definition) is 1. The van der Waals surface area contributed by atoms with Crippen LogP contribution in [-0.4, -0.2) is 53.1 Å². The summed E-state index contributed by atoms with van der Waals surface area (Å²) in [6.07, 6.45) is 4.93. The molecule has 0 spiro atoms. The number of fused-ring (bicyclic) bond motifs is 1. The molecule has 1 aromatic carbocycles. The summed E-state index contributed by atoms with van der Waals surface area (Å²) < 4.78 is 0. The Hall–Kier alpha value is -2.96. The molecule has 7 nitrogen and oxygen atoms in total. The van der Waals surface area contributed by atoms with Gasteiger partial charge in [-0.2, -0.15) is 0 Å². The van der Waals surface area contributed by atoms with Crippen molar-refractivity contribution < 1.29 is 19.2 Å². The maximum absolute atomic E-state index is 12.4. The Morgan fingerprint density at radius 2 is 1.54 bits per heavy atom. The van der Waals surface area contributed by atoms with Gasteiger partial charge in [-0.25, -0.2) is 0 Å². The minimum Gasteiger partial charge on any atom is -0.339 e. The van der Waals surface area contributed by atoms with Gasteiger partial charge in [0, 0.05) is 24.3 Å². The molecule has 1 fully saturated rings. The second-order valence-electron chi connectivity index (χ2n) is 7.02. The topological polar surface area (TPSA) is 86.8 Å². The second-order valence-corrected chi connectivity index (χ2v) is 7.02. The summed E-state index contributed by atoms with van der Waals surface area (Å²) in [5.41, 5.74) is 1.06. The molecule has 0 saturated carbocycles. The zero-order valence-corrected chi connectivity index (χ0v) is 16.2. The lowest BCUT2D eigenvalue weighted by Gasteiger charge is -2.18. The van der Waals surface area contributed by atoms with Crippen molar-refractivity contribution in [3.63, 3.8) is 0 Å². The maximum Gasteiger partial charge on any atom is 0.253 e. The number of imide groups is 1. The summed E-state index contributed by atoms with van der Waals surface area (Å²) in [7, 11) is 0. The molecule has 0 aromatic heterocycles. The van der Waals surface area contributed by atoms with E-state index < -0.39 is 5.91 Å². The first kappa shape index (κ1) is 19.8. The van der Waals surface area contributed by atoms with Crippen molar-refractivity contribution in [2.24, 2.45) is 11.8 Å². The molecule has 1 aromatic rings. The van der Waals surface area contributed by atoms with E-state index in [0.29, 0.717) is 37.2 Å². The van der Waals surface area contributed by atoms with E-state index in [9.17, 15) is 19.2 Å². The summed E-state index contributed by atoms with van der Waals surface area (Å²) in [6.45, 7) is 4.81. The van der Waals surface area contributed by atoms with E-state index in [2.05, 4.69) is 5.32 Å². The van der Waals surface area contributed by atoms with E-state index in [4.69, 9.17) is 0 Å². The third-order valence-corrected chi connectivity index (χ3v) is 5.37. The molecule has 0 radical (unpaired) electrons. The number of allylic oxidation sites excluding steroid dienone is 2. The number of likely N-dealkylation sites (tertiary alicyclic amines) is 1. The first-order valence-corrected chi connectivity index (χ1v) is 9.65. The molecule has 3 rings (SSSR count). The van der Waals surface area contributed by atoms with Crippen LogP contribution in [-0.2, 0) is 14.4 Å². The van der Waals surface area contributed by atoms with Crippen molar-refractivity contribution >= 4 is 29.3 Å². The van der Waals surface area contributed by atoms with Gasteiger partial charge in [-0.3, -0.25) is 24.1 Å². The molecule has 1 N–H and O–H groups in total. The van der Waals surface area contributed by atoms with Gasteiger partial charge in [-0.15, -0.1) is 0 Å². The molecule has 1 heterocycles. The largest absolute Gasteiger partial charge is 0.339 e. The van der Waals surface area contributed by atoms with E-state index in [0.717, 1.165) is 4.90 Å². The van der Waals surface area contributed by atoms with Crippen molar-refractivity contribution in [2.45, 2.75) is 26.7 Å². The first-order valence-electron chi connectivity index (χ1n) is 9.65. The summed E-state index contributed by atoms with van der Waals surface area (Å²) in [5, 5.41) is 2.69. The Balaban J connectivity index is 1.60. The highest BCUT2D eigenvalue weighted by Gasteiger charge is 2.47. The summed E-state index contributed by atoms with van der Waals surface area (Å²) in [6, 6.07) is 6.60. The molecule has 2 aliphatic rings. The van der Waals surface area contributed by atoms with Crippen LogP contribution in [0.1, 0.15) is 37.0 Å². The number of amides is 4. The first-order chi connectivity index (χ1) is 13.5. The van der Waals surface area contributed by atoms with Gasteiger partial charge in [-0.05, 0) is 51.0 Å². The number of nitrogens with one attached hydrogen (secondary N) is 1. The van der Waals surface area contributed by atoms with E-state index >= 15 is 0 Å². The van der Waals surface area contributed by atoms with Gasteiger partial charge in [0.05, 0.1) is 11.8 Å². The van der Waals surface area contributed by atoms with Crippen LogP contribution in [0.3, 0.4) is 0 Å². The molecular formula is C21H25N3O4. The summed E-state index contributed by atoms with van der Waals surface area (Å²) >= 11 is 0. The fourth-order valence-corrected chi connectivity index (χ4v) is 3.76. The Morgan fingerprint density at radius 3 is 2.04 bits per heavy atom. The van der Waals surface area contributed by atoms with Gasteiger partial charge in [0.25, 0.3) is 5.91 Å². The normalized spacial score (nSPS) is 20.9.